The summed E-state index contributed by atoms with van der Waals surface area (Å²) in [6, 6.07) is 12.3. The Bertz CT molecular complexity index is 979. The van der Waals surface area contributed by atoms with E-state index in [1.54, 1.807) is 0 Å². The zero-order chi connectivity index (χ0) is 22.2. The van der Waals surface area contributed by atoms with E-state index in [-0.39, 0.29) is 6.54 Å². The molecule has 0 saturated heterocycles. The first-order chi connectivity index (χ1) is 14.1. The quantitative estimate of drug-likeness (QED) is 0.578. The summed E-state index contributed by atoms with van der Waals surface area (Å²) >= 11 is 0. The molecule has 2 N–H and O–H groups in total. The lowest BCUT2D eigenvalue weighted by Gasteiger charge is -2.10. The normalized spacial score (nSPS) is 11.7. The van der Waals surface area contributed by atoms with Gasteiger partial charge >= 0.3 is 12.1 Å². The molecule has 1 amide bonds. The fraction of sp³-hybridized carbons (Fsp3) is 0.263. The Morgan fingerprint density at radius 1 is 1.00 bits per heavy atom. The van der Waals surface area contributed by atoms with Crippen molar-refractivity contribution < 1.29 is 35.9 Å². The van der Waals surface area contributed by atoms with Crippen molar-refractivity contribution in [3.05, 3.63) is 65.7 Å². The highest BCUT2D eigenvalue weighted by Crippen LogP contribution is 2.30. The SMILES string of the molecule is O=C(COC(=O)CCNS(=O)(=O)c1cccc(C(F)(F)F)c1)NCc1ccccc1. The number of hydrogen-bond donors (Lipinski definition) is 2. The van der Waals surface area contributed by atoms with Gasteiger partial charge in [-0.15, -0.1) is 0 Å². The Labute approximate surface area is 171 Å². The summed E-state index contributed by atoms with van der Waals surface area (Å²) in [5.74, 6) is -1.37. The second kappa shape index (κ2) is 10.2. The van der Waals surface area contributed by atoms with Crippen molar-refractivity contribution >= 4 is 21.9 Å². The number of hydrogen-bond acceptors (Lipinski definition) is 5. The van der Waals surface area contributed by atoms with Gasteiger partial charge in [-0.25, -0.2) is 13.1 Å². The minimum atomic E-state index is -4.68. The van der Waals surface area contributed by atoms with Crippen molar-refractivity contribution in [1.82, 2.24) is 10.0 Å². The topological polar surface area (TPSA) is 102 Å². The minimum Gasteiger partial charge on any atom is -0.456 e. The predicted octanol–water partition coefficient (Wildman–Crippen LogP) is 2.23. The van der Waals surface area contributed by atoms with Crippen LogP contribution in [0.4, 0.5) is 13.2 Å². The summed E-state index contributed by atoms with van der Waals surface area (Å²) in [4.78, 5) is 22.7. The second-order valence-electron chi connectivity index (χ2n) is 6.10. The molecule has 0 unspecified atom stereocenters. The number of ether oxygens (including phenoxy) is 1. The van der Waals surface area contributed by atoms with Crippen molar-refractivity contribution in [2.45, 2.75) is 24.0 Å². The molecule has 2 aromatic carbocycles. The van der Waals surface area contributed by atoms with E-state index in [2.05, 4.69) is 5.32 Å². The molecular weight excluding hydrogens is 425 g/mol. The summed E-state index contributed by atoms with van der Waals surface area (Å²) < 4.78 is 69.1. The van der Waals surface area contributed by atoms with Crippen LogP contribution in [0.15, 0.2) is 59.5 Å². The van der Waals surface area contributed by atoms with Crippen LogP contribution in [0, 0.1) is 0 Å². The molecule has 0 aliphatic carbocycles. The lowest BCUT2D eigenvalue weighted by Crippen LogP contribution is -2.30. The lowest BCUT2D eigenvalue weighted by molar-refractivity contribution is -0.148. The molecule has 0 bridgehead atoms. The summed E-state index contributed by atoms with van der Waals surface area (Å²) in [6.07, 6.45) is -5.08. The first kappa shape index (κ1) is 23.4. The number of carbonyl (C=O) groups excluding carboxylic acids is 2. The van der Waals surface area contributed by atoms with E-state index >= 15 is 0 Å². The predicted molar refractivity (Wildman–Crippen MR) is 100 cm³/mol. The van der Waals surface area contributed by atoms with Crippen LogP contribution in [-0.2, 0) is 37.1 Å². The first-order valence-electron chi connectivity index (χ1n) is 8.71. The van der Waals surface area contributed by atoms with Gasteiger partial charge in [0.1, 0.15) is 0 Å². The molecule has 0 aromatic heterocycles. The van der Waals surface area contributed by atoms with E-state index in [0.717, 1.165) is 23.8 Å². The van der Waals surface area contributed by atoms with Crippen LogP contribution in [0.1, 0.15) is 17.5 Å². The molecule has 2 rings (SSSR count). The van der Waals surface area contributed by atoms with E-state index < -0.39 is 58.1 Å². The first-order valence-corrected chi connectivity index (χ1v) is 10.2. The van der Waals surface area contributed by atoms with Gasteiger partial charge in [-0.05, 0) is 23.8 Å². The smallest absolute Gasteiger partial charge is 0.416 e. The van der Waals surface area contributed by atoms with E-state index in [0.29, 0.717) is 6.07 Å². The van der Waals surface area contributed by atoms with Gasteiger partial charge in [0, 0.05) is 13.1 Å². The number of nitrogens with one attached hydrogen (secondary N) is 2. The number of amides is 1. The van der Waals surface area contributed by atoms with Crippen molar-refractivity contribution in [2.75, 3.05) is 13.2 Å². The molecule has 2 aromatic rings. The zero-order valence-electron chi connectivity index (χ0n) is 15.6. The van der Waals surface area contributed by atoms with E-state index in [1.165, 1.54) is 0 Å². The Hall–Kier alpha value is -2.92. The molecule has 0 atom stereocenters. The fourth-order valence-corrected chi connectivity index (χ4v) is 3.35. The maximum atomic E-state index is 12.7. The van der Waals surface area contributed by atoms with Gasteiger partial charge in [0.2, 0.25) is 10.0 Å². The van der Waals surface area contributed by atoms with Crippen molar-refractivity contribution in [1.29, 1.82) is 0 Å². The van der Waals surface area contributed by atoms with Crippen LogP contribution < -0.4 is 10.0 Å². The Morgan fingerprint density at radius 3 is 2.37 bits per heavy atom. The van der Waals surface area contributed by atoms with Crippen LogP contribution >= 0.6 is 0 Å². The number of alkyl halides is 3. The highest BCUT2D eigenvalue weighted by Gasteiger charge is 2.31. The summed E-state index contributed by atoms with van der Waals surface area (Å²) in [5.41, 5.74) is -0.243. The highest BCUT2D eigenvalue weighted by molar-refractivity contribution is 7.89. The van der Waals surface area contributed by atoms with E-state index in [1.807, 2.05) is 35.1 Å². The molecule has 30 heavy (non-hydrogen) atoms. The zero-order valence-corrected chi connectivity index (χ0v) is 16.4. The number of sulfonamides is 1. The van der Waals surface area contributed by atoms with Crippen molar-refractivity contribution in [3.8, 4) is 0 Å². The number of benzene rings is 2. The molecule has 0 heterocycles. The van der Waals surface area contributed by atoms with E-state index in [4.69, 9.17) is 4.74 Å². The van der Waals surface area contributed by atoms with Crippen molar-refractivity contribution in [2.24, 2.45) is 0 Å². The molecule has 162 valence electrons. The van der Waals surface area contributed by atoms with Crippen LogP contribution in [0.2, 0.25) is 0 Å². The number of esters is 1. The Morgan fingerprint density at radius 2 is 1.70 bits per heavy atom. The number of halogens is 3. The molecule has 7 nitrogen and oxygen atoms in total. The van der Waals surface area contributed by atoms with Gasteiger partial charge in [0.25, 0.3) is 5.91 Å². The average Bonchev–Trinajstić information content (AvgIpc) is 2.71. The Balaban J connectivity index is 1.75. The molecule has 0 radical (unpaired) electrons. The summed E-state index contributed by atoms with van der Waals surface area (Å²) in [7, 11) is -4.25. The summed E-state index contributed by atoms with van der Waals surface area (Å²) in [6.45, 7) is -0.677. The average molecular weight is 444 g/mol. The van der Waals surface area contributed by atoms with Crippen molar-refractivity contribution in [3.63, 3.8) is 0 Å². The van der Waals surface area contributed by atoms with Gasteiger partial charge in [0.15, 0.2) is 6.61 Å². The van der Waals surface area contributed by atoms with Gasteiger partial charge in [0.05, 0.1) is 16.9 Å². The third-order valence-electron chi connectivity index (χ3n) is 3.79. The Kier molecular flexibility index (Phi) is 7.95. The van der Waals surface area contributed by atoms with Gasteiger partial charge in [-0.2, -0.15) is 13.2 Å². The third-order valence-corrected chi connectivity index (χ3v) is 5.25. The minimum absolute atomic E-state index is 0.258. The fourth-order valence-electron chi connectivity index (χ4n) is 2.28. The standard InChI is InChI=1S/C19H19F3N2O5S/c20-19(21,22)15-7-4-8-16(11-15)30(27,28)24-10-9-18(26)29-13-17(25)23-12-14-5-2-1-3-6-14/h1-8,11,24H,9-10,12-13H2,(H,23,25). The third kappa shape index (κ3) is 7.48. The largest absolute Gasteiger partial charge is 0.456 e. The lowest BCUT2D eigenvalue weighted by atomic mass is 10.2. The van der Waals surface area contributed by atoms with Gasteiger partial charge in [-0.1, -0.05) is 36.4 Å². The summed E-state index contributed by atoms with van der Waals surface area (Å²) in [5, 5.41) is 2.55. The molecule has 0 spiro atoms. The molecule has 0 saturated carbocycles. The van der Waals surface area contributed by atoms with Gasteiger partial charge in [-0.3, -0.25) is 9.59 Å². The van der Waals surface area contributed by atoms with Crippen LogP contribution in [0.25, 0.3) is 0 Å². The molecule has 0 fully saturated rings. The maximum absolute atomic E-state index is 12.7. The number of rotatable bonds is 9. The maximum Gasteiger partial charge on any atom is 0.416 e. The van der Waals surface area contributed by atoms with Crippen LogP contribution in [-0.4, -0.2) is 33.4 Å². The second-order valence-corrected chi connectivity index (χ2v) is 7.86. The molecule has 0 aliphatic heterocycles. The van der Waals surface area contributed by atoms with Crippen LogP contribution in [0.3, 0.4) is 0 Å². The van der Waals surface area contributed by atoms with Crippen LogP contribution in [0.5, 0.6) is 0 Å². The molecule has 0 aliphatic rings. The number of carbonyl (C=O) groups is 2. The highest BCUT2D eigenvalue weighted by atomic mass is 32.2. The van der Waals surface area contributed by atoms with Gasteiger partial charge < -0.3 is 10.1 Å². The molecule has 11 heteroatoms. The monoisotopic (exact) mass is 444 g/mol. The van der Waals surface area contributed by atoms with E-state index in [9.17, 15) is 31.2 Å². The molecular formula is C19H19F3N2O5S.